The van der Waals surface area contributed by atoms with Crippen molar-refractivity contribution in [2.24, 2.45) is 0 Å². The van der Waals surface area contributed by atoms with Crippen molar-refractivity contribution in [3.05, 3.63) is 90.0 Å². The maximum absolute atomic E-state index is 12.3. The average molecular weight is 373 g/mol. The van der Waals surface area contributed by atoms with E-state index in [1.54, 1.807) is 12.1 Å². The topological polar surface area (TPSA) is 83.5 Å². The van der Waals surface area contributed by atoms with Crippen molar-refractivity contribution in [2.75, 3.05) is 5.32 Å². The summed E-state index contributed by atoms with van der Waals surface area (Å²) in [6.07, 6.45) is 0.156. The molecule has 0 radical (unpaired) electrons. The summed E-state index contributed by atoms with van der Waals surface area (Å²) in [6, 6.07) is 23.1. The molecule has 28 heavy (non-hydrogen) atoms. The summed E-state index contributed by atoms with van der Waals surface area (Å²) in [5.41, 5.74) is 3.31. The van der Waals surface area contributed by atoms with Crippen molar-refractivity contribution in [2.45, 2.75) is 12.8 Å². The number of aromatic carboxylic acids is 1. The minimum Gasteiger partial charge on any atom is -0.478 e. The highest BCUT2D eigenvalue weighted by molar-refractivity contribution is 6.00. The van der Waals surface area contributed by atoms with Crippen LogP contribution in [0.5, 0.6) is 0 Å². The predicted octanol–water partition coefficient (Wildman–Crippen LogP) is 4.65. The highest BCUT2D eigenvalue weighted by Gasteiger charge is 2.10. The number of hydrogen-bond acceptors (Lipinski definition) is 3. The number of carboxylic acid groups (broad SMARTS) is 1. The van der Waals surface area contributed by atoms with Gasteiger partial charge in [0, 0.05) is 24.1 Å². The van der Waals surface area contributed by atoms with Gasteiger partial charge in [-0.05, 0) is 35.4 Å². The zero-order valence-electron chi connectivity index (χ0n) is 15.1. The molecule has 5 nitrogen and oxygen atoms in total. The molecule has 2 N–H and O–H groups in total. The number of carbonyl (C=O) groups is 3. The number of anilines is 1. The van der Waals surface area contributed by atoms with Gasteiger partial charge in [0.2, 0.25) is 5.91 Å². The molecule has 0 aromatic heterocycles. The molecule has 140 valence electrons. The zero-order chi connectivity index (χ0) is 19.9. The van der Waals surface area contributed by atoms with Gasteiger partial charge in [0.1, 0.15) is 0 Å². The van der Waals surface area contributed by atoms with Gasteiger partial charge in [-0.15, -0.1) is 0 Å². The lowest BCUT2D eigenvalue weighted by molar-refractivity contribution is -0.116. The van der Waals surface area contributed by atoms with Crippen LogP contribution in [0.4, 0.5) is 5.69 Å². The summed E-state index contributed by atoms with van der Waals surface area (Å²) in [5, 5.41) is 11.5. The van der Waals surface area contributed by atoms with Gasteiger partial charge in [-0.2, -0.15) is 0 Å². The standard InChI is InChI=1S/C23H19NO4/c25-21(18-8-6-17(7-9-18)16-4-2-1-3-5-16)14-15-22(26)24-20-12-10-19(11-13-20)23(27)28/h1-13H,14-15H2,(H,24,26)(H,27,28). The van der Waals surface area contributed by atoms with Crippen LogP contribution in [0.3, 0.4) is 0 Å². The first-order chi connectivity index (χ1) is 13.5. The van der Waals surface area contributed by atoms with Gasteiger partial charge in [-0.25, -0.2) is 4.79 Å². The number of amides is 1. The number of hydrogen-bond donors (Lipinski definition) is 2. The first-order valence-electron chi connectivity index (χ1n) is 8.85. The van der Waals surface area contributed by atoms with E-state index >= 15 is 0 Å². The number of benzene rings is 3. The second-order valence-electron chi connectivity index (χ2n) is 6.30. The predicted molar refractivity (Wildman–Crippen MR) is 107 cm³/mol. The largest absolute Gasteiger partial charge is 0.478 e. The first kappa shape index (κ1) is 19.0. The van der Waals surface area contributed by atoms with Crippen molar-refractivity contribution < 1.29 is 19.5 Å². The molecule has 0 aliphatic rings. The van der Waals surface area contributed by atoms with Gasteiger partial charge in [0.25, 0.3) is 0 Å². The minimum absolute atomic E-state index is 0.0555. The Bertz CT molecular complexity index is 977. The lowest BCUT2D eigenvalue weighted by Crippen LogP contribution is -2.13. The maximum Gasteiger partial charge on any atom is 0.335 e. The van der Waals surface area contributed by atoms with Gasteiger partial charge < -0.3 is 10.4 Å². The highest BCUT2D eigenvalue weighted by atomic mass is 16.4. The monoisotopic (exact) mass is 373 g/mol. The SMILES string of the molecule is O=C(CCC(=O)c1ccc(-c2ccccc2)cc1)Nc1ccc(C(=O)O)cc1. The van der Waals surface area contributed by atoms with Gasteiger partial charge in [0.05, 0.1) is 5.56 Å². The van der Waals surface area contributed by atoms with E-state index in [9.17, 15) is 14.4 Å². The van der Waals surface area contributed by atoms with E-state index in [4.69, 9.17) is 5.11 Å². The molecule has 0 aliphatic heterocycles. The zero-order valence-corrected chi connectivity index (χ0v) is 15.1. The Labute approximate surface area is 162 Å². The molecule has 0 saturated carbocycles. The molecule has 0 heterocycles. The van der Waals surface area contributed by atoms with Crippen molar-refractivity contribution in [3.8, 4) is 11.1 Å². The number of carboxylic acids is 1. The quantitative estimate of drug-likeness (QED) is 0.590. The second-order valence-corrected chi connectivity index (χ2v) is 6.30. The first-order valence-corrected chi connectivity index (χ1v) is 8.85. The van der Waals surface area contributed by atoms with E-state index in [1.807, 2.05) is 42.5 Å². The lowest BCUT2D eigenvalue weighted by Gasteiger charge is -2.06. The molecule has 0 bridgehead atoms. The third-order valence-electron chi connectivity index (χ3n) is 4.31. The van der Waals surface area contributed by atoms with Crippen LogP contribution in [-0.2, 0) is 4.79 Å². The summed E-state index contributed by atoms with van der Waals surface area (Å²) in [6.45, 7) is 0. The molecule has 1 amide bonds. The van der Waals surface area contributed by atoms with Gasteiger partial charge in [-0.1, -0.05) is 54.6 Å². The van der Waals surface area contributed by atoms with E-state index in [0.29, 0.717) is 11.3 Å². The van der Waals surface area contributed by atoms with Crippen molar-refractivity contribution >= 4 is 23.3 Å². The molecule has 3 aromatic rings. The Morgan fingerprint density at radius 1 is 0.679 bits per heavy atom. The Morgan fingerprint density at radius 3 is 1.86 bits per heavy atom. The van der Waals surface area contributed by atoms with Crippen molar-refractivity contribution in [3.63, 3.8) is 0 Å². The lowest BCUT2D eigenvalue weighted by atomic mass is 10.0. The van der Waals surface area contributed by atoms with Crippen LogP contribution in [0.25, 0.3) is 11.1 Å². The fraction of sp³-hybridized carbons (Fsp3) is 0.0870. The fourth-order valence-corrected chi connectivity index (χ4v) is 2.77. The van der Waals surface area contributed by atoms with Crippen molar-refractivity contribution in [1.29, 1.82) is 0 Å². The van der Waals surface area contributed by atoms with E-state index in [1.165, 1.54) is 24.3 Å². The Kier molecular flexibility index (Phi) is 5.97. The molecule has 0 fully saturated rings. The average Bonchev–Trinajstić information content (AvgIpc) is 2.73. The van der Waals surface area contributed by atoms with Gasteiger partial charge in [0.15, 0.2) is 5.78 Å². The fourth-order valence-electron chi connectivity index (χ4n) is 2.77. The Balaban J connectivity index is 1.53. The number of nitrogens with one attached hydrogen (secondary N) is 1. The van der Waals surface area contributed by atoms with Gasteiger partial charge >= 0.3 is 5.97 Å². The van der Waals surface area contributed by atoms with Crippen LogP contribution in [0.1, 0.15) is 33.6 Å². The smallest absolute Gasteiger partial charge is 0.335 e. The van der Waals surface area contributed by atoms with E-state index in [-0.39, 0.29) is 30.1 Å². The minimum atomic E-state index is -1.03. The molecule has 0 atom stereocenters. The number of carbonyl (C=O) groups excluding carboxylic acids is 2. The summed E-state index contributed by atoms with van der Waals surface area (Å²) in [7, 11) is 0. The molecular weight excluding hydrogens is 354 g/mol. The molecule has 0 unspecified atom stereocenters. The summed E-state index contributed by atoms with van der Waals surface area (Å²) in [4.78, 5) is 35.2. The van der Waals surface area contributed by atoms with Crippen LogP contribution in [0.15, 0.2) is 78.9 Å². The third-order valence-corrected chi connectivity index (χ3v) is 4.31. The molecule has 3 aromatic carbocycles. The van der Waals surface area contributed by atoms with Crippen LogP contribution in [-0.4, -0.2) is 22.8 Å². The molecule has 3 rings (SSSR count). The molecule has 5 heteroatoms. The normalized spacial score (nSPS) is 10.3. The maximum atomic E-state index is 12.3. The summed E-state index contributed by atoms with van der Waals surface area (Å²) < 4.78 is 0. The van der Waals surface area contributed by atoms with Crippen LogP contribution < -0.4 is 5.32 Å². The van der Waals surface area contributed by atoms with E-state index in [2.05, 4.69) is 5.32 Å². The molecular formula is C23H19NO4. The number of ketones is 1. The third kappa shape index (κ3) is 4.92. The van der Waals surface area contributed by atoms with Crippen LogP contribution in [0, 0.1) is 0 Å². The summed E-state index contributed by atoms with van der Waals surface area (Å²) >= 11 is 0. The second kappa shape index (κ2) is 8.77. The van der Waals surface area contributed by atoms with Crippen LogP contribution >= 0.6 is 0 Å². The van der Waals surface area contributed by atoms with Crippen LogP contribution in [0.2, 0.25) is 0 Å². The highest BCUT2D eigenvalue weighted by Crippen LogP contribution is 2.20. The number of Topliss-reactive ketones (excluding diaryl/α,β-unsaturated/α-hetero) is 1. The molecule has 0 saturated heterocycles. The number of rotatable bonds is 7. The molecule has 0 aliphatic carbocycles. The van der Waals surface area contributed by atoms with E-state index < -0.39 is 5.97 Å². The van der Waals surface area contributed by atoms with Crippen molar-refractivity contribution in [1.82, 2.24) is 0 Å². The molecule has 0 spiro atoms. The van der Waals surface area contributed by atoms with E-state index in [0.717, 1.165) is 11.1 Å². The van der Waals surface area contributed by atoms with Gasteiger partial charge in [-0.3, -0.25) is 9.59 Å². The Hall–Kier alpha value is -3.73. The Morgan fingerprint density at radius 2 is 1.25 bits per heavy atom. The summed E-state index contributed by atoms with van der Waals surface area (Å²) in [5.74, 6) is -1.42.